The minimum Gasteiger partial charge on any atom is -0.456 e. The zero-order chi connectivity index (χ0) is 19.1. The van der Waals surface area contributed by atoms with E-state index in [1.54, 1.807) is 6.07 Å². The molecule has 1 N–H and O–H groups in total. The summed E-state index contributed by atoms with van der Waals surface area (Å²) in [5, 5.41) is 5.59. The standard InChI is InChI=1S/C23H16Cl2N2O/c24-14-8-9-16(20(25)12-14)15-6-3-7-21-19(15)13-22(28-21)17-4-1-2-5-18(17)23-26-10-11-27-23/h1-9,12-13H,10-11H2,(H,26,27). The summed E-state index contributed by atoms with van der Waals surface area (Å²) < 4.78 is 6.23. The maximum atomic E-state index is 6.46. The molecule has 0 fully saturated rings. The molecular formula is C23H16Cl2N2O. The number of benzene rings is 3. The molecule has 3 aromatic carbocycles. The number of amidine groups is 1. The molecular weight excluding hydrogens is 391 g/mol. The van der Waals surface area contributed by atoms with Gasteiger partial charge in [0.25, 0.3) is 0 Å². The fraction of sp³-hybridized carbons (Fsp3) is 0.0870. The van der Waals surface area contributed by atoms with E-state index in [2.05, 4.69) is 28.5 Å². The van der Waals surface area contributed by atoms with E-state index in [1.807, 2.05) is 42.5 Å². The third-order valence-electron chi connectivity index (χ3n) is 4.90. The van der Waals surface area contributed by atoms with Crippen LogP contribution in [0.5, 0.6) is 0 Å². The van der Waals surface area contributed by atoms with E-state index in [0.717, 1.165) is 57.9 Å². The maximum Gasteiger partial charge on any atom is 0.136 e. The second-order valence-electron chi connectivity index (χ2n) is 6.65. The first-order valence-corrected chi connectivity index (χ1v) is 9.82. The lowest BCUT2D eigenvalue weighted by molar-refractivity contribution is 0.631. The van der Waals surface area contributed by atoms with E-state index in [1.165, 1.54) is 0 Å². The van der Waals surface area contributed by atoms with Crippen molar-refractivity contribution in [3.05, 3.63) is 82.3 Å². The number of nitrogens with zero attached hydrogens (tertiary/aromatic N) is 1. The average molecular weight is 407 g/mol. The summed E-state index contributed by atoms with van der Waals surface area (Å²) in [6, 6.07) is 21.8. The van der Waals surface area contributed by atoms with Gasteiger partial charge in [0.15, 0.2) is 0 Å². The molecule has 0 unspecified atom stereocenters. The lowest BCUT2D eigenvalue weighted by Crippen LogP contribution is -2.20. The topological polar surface area (TPSA) is 37.5 Å². The zero-order valence-electron chi connectivity index (χ0n) is 14.9. The number of rotatable bonds is 3. The summed E-state index contributed by atoms with van der Waals surface area (Å²) in [6.07, 6.45) is 0. The molecule has 0 saturated heterocycles. The SMILES string of the molecule is Clc1ccc(-c2cccc3oc(-c4ccccc4C4=NCCN4)cc23)c(Cl)c1. The molecule has 0 amide bonds. The van der Waals surface area contributed by atoms with Gasteiger partial charge in [0, 0.05) is 38.7 Å². The number of nitrogens with one attached hydrogen (secondary N) is 1. The van der Waals surface area contributed by atoms with Crippen molar-refractivity contribution in [2.24, 2.45) is 4.99 Å². The second kappa shape index (κ2) is 7.01. The van der Waals surface area contributed by atoms with Crippen LogP contribution in [0.25, 0.3) is 33.4 Å². The predicted molar refractivity (Wildman–Crippen MR) is 117 cm³/mol. The molecule has 0 bridgehead atoms. The summed E-state index contributed by atoms with van der Waals surface area (Å²) in [4.78, 5) is 4.56. The number of hydrogen-bond donors (Lipinski definition) is 1. The Morgan fingerprint density at radius 1 is 0.821 bits per heavy atom. The molecule has 0 atom stereocenters. The van der Waals surface area contributed by atoms with Crippen molar-refractivity contribution in [2.75, 3.05) is 13.1 Å². The number of furan rings is 1. The minimum atomic E-state index is 0.618. The van der Waals surface area contributed by atoms with E-state index in [9.17, 15) is 0 Å². The molecule has 1 aromatic heterocycles. The highest BCUT2D eigenvalue weighted by molar-refractivity contribution is 6.36. The molecule has 5 rings (SSSR count). The largest absolute Gasteiger partial charge is 0.456 e. The summed E-state index contributed by atoms with van der Waals surface area (Å²) in [5.41, 5.74) is 4.82. The van der Waals surface area contributed by atoms with Gasteiger partial charge in [-0.3, -0.25) is 4.99 Å². The molecule has 1 aliphatic rings. The number of aliphatic imine (C=N–C) groups is 1. The molecule has 0 saturated carbocycles. The lowest BCUT2D eigenvalue weighted by atomic mass is 10.00. The van der Waals surface area contributed by atoms with Crippen LogP contribution < -0.4 is 5.32 Å². The first kappa shape index (κ1) is 17.4. The van der Waals surface area contributed by atoms with Crippen molar-refractivity contribution < 1.29 is 4.42 Å². The van der Waals surface area contributed by atoms with E-state index < -0.39 is 0 Å². The molecule has 1 aliphatic heterocycles. The van der Waals surface area contributed by atoms with Crippen molar-refractivity contribution in [3.8, 4) is 22.5 Å². The highest BCUT2D eigenvalue weighted by atomic mass is 35.5. The van der Waals surface area contributed by atoms with Gasteiger partial charge < -0.3 is 9.73 Å². The van der Waals surface area contributed by atoms with Gasteiger partial charge >= 0.3 is 0 Å². The molecule has 3 nitrogen and oxygen atoms in total. The normalized spacial score (nSPS) is 13.6. The van der Waals surface area contributed by atoms with Crippen LogP contribution in [0.4, 0.5) is 0 Å². The molecule has 138 valence electrons. The van der Waals surface area contributed by atoms with Crippen LogP contribution in [0.3, 0.4) is 0 Å². The third-order valence-corrected chi connectivity index (χ3v) is 5.45. The molecule has 2 heterocycles. The molecule has 0 aliphatic carbocycles. The van der Waals surface area contributed by atoms with Crippen molar-refractivity contribution in [3.63, 3.8) is 0 Å². The smallest absolute Gasteiger partial charge is 0.136 e. The van der Waals surface area contributed by atoms with Gasteiger partial charge in [-0.05, 0) is 29.8 Å². The molecule has 28 heavy (non-hydrogen) atoms. The Kier molecular flexibility index (Phi) is 4.34. The quantitative estimate of drug-likeness (QED) is 0.425. The third kappa shape index (κ3) is 2.97. The van der Waals surface area contributed by atoms with Gasteiger partial charge in [-0.2, -0.15) is 0 Å². The van der Waals surface area contributed by atoms with E-state index >= 15 is 0 Å². The fourth-order valence-corrected chi connectivity index (χ4v) is 4.13. The highest BCUT2D eigenvalue weighted by Crippen LogP contribution is 2.38. The first-order valence-electron chi connectivity index (χ1n) is 9.07. The van der Waals surface area contributed by atoms with Gasteiger partial charge in [0.1, 0.15) is 17.2 Å². The van der Waals surface area contributed by atoms with Crippen LogP contribution in [-0.4, -0.2) is 18.9 Å². The summed E-state index contributed by atoms with van der Waals surface area (Å²) in [5.74, 6) is 1.72. The Morgan fingerprint density at radius 3 is 2.43 bits per heavy atom. The lowest BCUT2D eigenvalue weighted by Gasteiger charge is -2.07. The van der Waals surface area contributed by atoms with E-state index in [-0.39, 0.29) is 0 Å². The molecule has 0 spiro atoms. The van der Waals surface area contributed by atoms with Gasteiger partial charge in [-0.1, -0.05) is 65.7 Å². The Bertz CT molecular complexity index is 1230. The van der Waals surface area contributed by atoms with Gasteiger partial charge in [-0.25, -0.2) is 0 Å². The van der Waals surface area contributed by atoms with Crippen LogP contribution in [0.1, 0.15) is 5.56 Å². The molecule has 0 radical (unpaired) electrons. The van der Waals surface area contributed by atoms with Crippen molar-refractivity contribution >= 4 is 40.0 Å². The van der Waals surface area contributed by atoms with E-state index in [0.29, 0.717) is 10.0 Å². The fourth-order valence-electron chi connectivity index (χ4n) is 3.62. The number of halogens is 2. The van der Waals surface area contributed by atoms with Gasteiger partial charge in [0.05, 0.1) is 6.54 Å². The predicted octanol–water partition coefficient (Wildman–Crippen LogP) is 6.42. The second-order valence-corrected chi connectivity index (χ2v) is 7.50. The van der Waals surface area contributed by atoms with Crippen LogP contribution in [0.2, 0.25) is 10.0 Å². The van der Waals surface area contributed by atoms with Crippen LogP contribution in [0, 0.1) is 0 Å². The average Bonchev–Trinajstić information content (AvgIpc) is 3.38. The molecule has 4 aromatic rings. The Morgan fingerprint density at radius 2 is 1.64 bits per heavy atom. The zero-order valence-corrected chi connectivity index (χ0v) is 16.4. The van der Waals surface area contributed by atoms with E-state index in [4.69, 9.17) is 27.6 Å². The van der Waals surface area contributed by atoms with Crippen LogP contribution in [0.15, 0.2) is 76.1 Å². The summed E-state index contributed by atoms with van der Waals surface area (Å²) in [7, 11) is 0. The van der Waals surface area contributed by atoms with Gasteiger partial charge in [0.2, 0.25) is 0 Å². The van der Waals surface area contributed by atoms with Crippen molar-refractivity contribution in [1.82, 2.24) is 5.32 Å². The first-order chi connectivity index (χ1) is 13.7. The Balaban J connectivity index is 1.68. The maximum absolute atomic E-state index is 6.46. The van der Waals surface area contributed by atoms with Crippen molar-refractivity contribution in [1.29, 1.82) is 0 Å². The summed E-state index contributed by atoms with van der Waals surface area (Å²) in [6.45, 7) is 1.66. The van der Waals surface area contributed by atoms with Crippen LogP contribution >= 0.6 is 23.2 Å². The van der Waals surface area contributed by atoms with Gasteiger partial charge in [-0.15, -0.1) is 0 Å². The van der Waals surface area contributed by atoms with Crippen LogP contribution in [-0.2, 0) is 0 Å². The Hall–Kier alpha value is -2.75. The Labute approximate surface area is 172 Å². The number of hydrogen-bond acceptors (Lipinski definition) is 3. The monoisotopic (exact) mass is 406 g/mol. The minimum absolute atomic E-state index is 0.618. The molecule has 5 heteroatoms. The van der Waals surface area contributed by atoms with Crippen molar-refractivity contribution in [2.45, 2.75) is 0 Å². The number of fused-ring (bicyclic) bond motifs is 1. The summed E-state index contributed by atoms with van der Waals surface area (Å²) >= 11 is 12.5. The highest BCUT2D eigenvalue weighted by Gasteiger charge is 2.18.